The van der Waals surface area contributed by atoms with Crippen LogP contribution in [0.15, 0.2) is 90.3 Å². The fraction of sp³-hybridized carbons (Fsp3) is 0.368. The molecule has 54 heavy (non-hydrogen) atoms. The van der Waals surface area contributed by atoms with E-state index in [0.717, 1.165) is 5.56 Å². The molecular formula is C38H43FN4O11. The second-order valence-electron chi connectivity index (χ2n) is 12.6. The molecule has 0 saturated heterocycles. The Morgan fingerprint density at radius 1 is 0.926 bits per heavy atom. The zero-order valence-corrected chi connectivity index (χ0v) is 29.8. The number of anilines is 1. The number of hydrogen-bond acceptors (Lipinski definition) is 12. The van der Waals surface area contributed by atoms with Gasteiger partial charge in [-0.1, -0.05) is 62.4 Å². The molecule has 4 rings (SSSR count). The van der Waals surface area contributed by atoms with Gasteiger partial charge in [0, 0.05) is 23.5 Å². The largest absolute Gasteiger partial charge is 0.463 e. The van der Waals surface area contributed by atoms with E-state index in [1.165, 1.54) is 12.1 Å². The molecule has 0 saturated carbocycles. The molecule has 2 unspecified atom stereocenters. The maximum atomic E-state index is 14.2. The highest BCUT2D eigenvalue weighted by molar-refractivity contribution is 6.12. The normalized spacial score (nSPS) is 12.8. The number of halogens is 1. The van der Waals surface area contributed by atoms with Gasteiger partial charge < -0.3 is 39.2 Å². The van der Waals surface area contributed by atoms with Gasteiger partial charge in [-0.3, -0.25) is 9.59 Å². The molecule has 1 heterocycles. The van der Waals surface area contributed by atoms with Crippen LogP contribution in [0.3, 0.4) is 0 Å². The number of nitrogens with one attached hydrogen (secondary N) is 1. The summed E-state index contributed by atoms with van der Waals surface area (Å²) >= 11 is 0. The summed E-state index contributed by atoms with van der Waals surface area (Å²) in [5, 5.41) is 36.3. The predicted molar refractivity (Wildman–Crippen MR) is 195 cm³/mol. The summed E-state index contributed by atoms with van der Waals surface area (Å²) in [7, 11) is 0. The molecule has 0 aliphatic rings. The standard InChI is InChI=1S/C38H43FN4O11/c1-25(2)36-35(38(47)40-29-11-7-4-8-12-29)34(26-9-5-3-6-10-26)37(27-13-15-28(39)16-14-27)42(36)18-17-30(44)21-31(45)22-33(46)52-20-19-51-23-32(24-53-41-48)54-43(49)50/h3-16,25,30-32,44-45H,17-24H2,1-2H3,(H,40,47)/t30-,31?,32?/m1/s1. The van der Waals surface area contributed by atoms with E-state index in [-0.39, 0.29) is 51.0 Å². The van der Waals surface area contributed by atoms with Gasteiger partial charge in [0.15, 0.2) is 11.4 Å². The molecule has 3 atom stereocenters. The van der Waals surface area contributed by atoms with Crippen molar-refractivity contribution in [2.45, 2.75) is 63.9 Å². The van der Waals surface area contributed by atoms with Crippen LogP contribution < -0.4 is 5.32 Å². The molecule has 1 amide bonds. The zero-order chi connectivity index (χ0) is 39.0. The minimum absolute atomic E-state index is 0.132. The molecule has 0 bridgehead atoms. The number of hydrogen-bond donors (Lipinski definition) is 3. The number of aliphatic hydroxyl groups excluding tert-OH is 2. The van der Waals surface area contributed by atoms with Crippen molar-refractivity contribution in [3.8, 4) is 22.4 Å². The molecule has 16 heteroatoms. The van der Waals surface area contributed by atoms with Crippen molar-refractivity contribution in [3.05, 3.63) is 117 Å². The van der Waals surface area contributed by atoms with Gasteiger partial charge in [-0.2, -0.15) is 0 Å². The molecule has 1 aromatic heterocycles. The highest BCUT2D eigenvalue weighted by Crippen LogP contribution is 2.42. The van der Waals surface area contributed by atoms with Gasteiger partial charge in [0.25, 0.3) is 11.0 Å². The zero-order valence-electron chi connectivity index (χ0n) is 29.8. The van der Waals surface area contributed by atoms with Gasteiger partial charge in [-0.25, -0.2) is 4.39 Å². The average Bonchev–Trinajstić information content (AvgIpc) is 3.49. The maximum Gasteiger partial charge on any atom is 0.308 e. The lowest BCUT2D eigenvalue weighted by Crippen LogP contribution is -2.28. The molecule has 3 aromatic carbocycles. The summed E-state index contributed by atoms with van der Waals surface area (Å²) in [6, 6.07) is 24.5. The van der Waals surface area contributed by atoms with Crippen molar-refractivity contribution in [2.24, 2.45) is 5.34 Å². The van der Waals surface area contributed by atoms with Crippen LogP contribution in [0.25, 0.3) is 22.4 Å². The third-order valence-corrected chi connectivity index (χ3v) is 8.26. The van der Waals surface area contributed by atoms with Gasteiger partial charge in [0.1, 0.15) is 19.0 Å². The van der Waals surface area contributed by atoms with Crippen molar-refractivity contribution < 1.29 is 48.4 Å². The molecule has 15 nitrogen and oxygen atoms in total. The van der Waals surface area contributed by atoms with Crippen LogP contribution in [0.2, 0.25) is 0 Å². The lowest BCUT2D eigenvalue weighted by Gasteiger charge is -2.20. The smallest absolute Gasteiger partial charge is 0.308 e. The van der Waals surface area contributed by atoms with Crippen LogP contribution in [0, 0.1) is 20.8 Å². The molecule has 0 radical (unpaired) electrons. The Kier molecular flexibility index (Phi) is 15.6. The molecular weight excluding hydrogens is 707 g/mol. The van der Waals surface area contributed by atoms with Gasteiger partial charge in [0.2, 0.25) is 0 Å². The van der Waals surface area contributed by atoms with Crippen molar-refractivity contribution >= 4 is 17.6 Å². The van der Waals surface area contributed by atoms with Gasteiger partial charge in [-0.05, 0) is 66.3 Å². The summed E-state index contributed by atoms with van der Waals surface area (Å²) in [5.41, 5.74) is 4.47. The van der Waals surface area contributed by atoms with Crippen LogP contribution >= 0.6 is 0 Å². The summed E-state index contributed by atoms with van der Waals surface area (Å²) in [5.74, 6) is -1.69. The van der Waals surface area contributed by atoms with E-state index in [0.29, 0.717) is 33.8 Å². The molecule has 0 aliphatic heterocycles. The molecule has 288 valence electrons. The van der Waals surface area contributed by atoms with Crippen molar-refractivity contribution in [1.82, 2.24) is 4.57 Å². The van der Waals surface area contributed by atoms with Gasteiger partial charge >= 0.3 is 5.97 Å². The first-order chi connectivity index (χ1) is 26.0. The maximum absolute atomic E-state index is 14.2. The van der Waals surface area contributed by atoms with Crippen LogP contribution in [0.4, 0.5) is 10.1 Å². The van der Waals surface area contributed by atoms with Crippen LogP contribution in [-0.4, -0.2) is 76.5 Å². The van der Waals surface area contributed by atoms with Gasteiger partial charge in [0.05, 0.1) is 43.1 Å². The molecule has 0 spiro atoms. The first-order valence-corrected chi connectivity index (χ1v) is 17.3. The SMILES string of the molecule is CC(C)c1c(C(=O)Nc2ccccc2)c(-c2ccccc2)c(-c2ccc(F)cc2)n1CC[C@@H](O)CC(O)CC(=O)OCCOCC(CON=O)O[N+](=O)[O-]. The minimum atomic E-state index is -1.25. The number of amides is 1. The Balaban J connectivity index is 1.50. The van der Waals surface area contributed by atoms with Crippen molar-refractivity contribution in [2.75, 3.05) is 31.7 Å². The average molecular weight is 751 g/mol. The third-order valence-electron chi connectivity index (χ3n) is 8.26. The Labute approximate surface area is 310 Å². The fourth-order valence-corrected chi connectivity index (χ4v) is 6.03. The van der Waals surface area contributed by atoms with E-state index < -0.39 is 48.2 Å². The van der Waals surface area contributed by atoms with E-state index in [1.807, 2.05) is 66.9 Å². The number of para-hydroxylation sites is 1. The quantitative estimate of drug-likeness (QED) is 0.0277. The Morgan fingerprint density at radius 3 is 2.22 bits per heavy atom. The summed E-state index contributed by atoms with van der Waals surface area (Å²) in [4.78, 5) is 55.7. The van der Waals surface area contributed by atoms with E-state index in [1.54, 1.807) is 24.3 Å². The first-order valence-electron chi connectivity index (χ1n) is 17.3. The Morgan fingerprint density at radius 2 is 1.59 bits per heavy atom. The van der Waals surface area contributed by atoms with E-state index in [2.05, 4.69) is 20.3 Å². The fourth-order valence-electron chi connectivity index (χ4n) is 6.03. The highest BCUT2D eigenvalue weighted by Gasteiger charge is 2.31. The van der Waals surface area contributed by atoms with E-state index >= 15 is 0 Å². The predicted octanol–water partition coefficient (Wildman–Crippen LogP) is 6.06. The number of nitrogens with zero attached hydrogens (tertiary/aromatic N) is 3. The number of aliphatic hydroxyl groups is 2. The summed E-state index contributed by atoms with van der Waals surface area (Å²) < 4.78 is 26.4. The van der Waals surface area contributed by atoms with Crippen molar-refractivity contribution in [3.63, 3.8) is 0 Å². The lowest BCUT2D eigenvalue weighted by atomic mass is 9.94. The molecule has 3 N–H and O–H groups in total. The van der Waals surface area contributed by atoms with Crippen LogP contribution in [0.5, 0.6) is 0 Å². The monoisotopic (exact) mass is 750 g/mol. The summed E-state index contributed by atoms with van der Waals surface area (Å²) in [6.45, 7) is 2.86. The molecule has 4 aromatic rings. The minimum Gasteiger partial charge on any atom is -0.463 e. The van der Waals surface area contributed by atoms with Gasteiger partial charge in [-0.15, -0.1) is 15.0 Å². The summed E-state index contributed by atoms with van der Waals surface area (Å²) in [6.07, 6.45) is -4.00. The second-order valence-corrected chi connectivity index (χ2v) is 12.6. The third kappa shape index (κ3) is 11.9. The first kappa shape index (κ1) is 41.1. The number of esters is 1. The highest BCUT2D eigenvalue weighted by atomic mass is 19.1. The van der Waals surface area contributed by atoms with Crippen LogP contribution in [0.1, 0.15) is 55.1 Å². The number of carbonyl (C=O) groups is 2. The van der Waals surface area contributed by atoms with E-state index in [9.17, 15) is 39.2 Å². The molecule has 0 aliphatic carbocycles. The molecule has 0 fully saturated rings. The van der Waals surface area contributed by atoms with Crippen LogP contribution in [-0.2, 0) is 30.5 Å². The second kappa shape index (κ2) is 20.5. The number of benzene rings is 3. The number of carbonyl (C=O) groups excluding carboxylic acids is 2. The number of rotatable bonds is 22. The van der Waals surface area contributed by atoms with E-state index in [4.69, 9.17) is 9.47 Å². The topological polar surface area (TPSA) is 201 Å². The number of aromatic nitrogens is 1. The lowest BCUT2D eigenvalue weighted by molar-refractivity contribution is -0.769. The Bertz CT molecular complexity index is 1820. The van der Waals surface area contributed by atoms with Crippen molar-refractivity contribution in [1.29, 1.82) is 0 Å². The number of ether oxygens (including phenoxy) is 2. The Hall–Kier alpha value is -5.71.